The van der Waals surface area contributed by atoms with Gasteiger partial charge in [-0.3, -0.25) is 0 Å². The maximum atomic E-state index is 6.32. The highest BCUT2D eigenvalue weighted by atomic mass is 35.5. The molecule has 2 unspecified atom stereocenters. The molecule has 2 rings (SSSR count). The maximum Gasteiger partial charge on any atom is 0.142 e. The Hall–Kier alpha value is -1.51. The Morgan fingerprint density at radius 1 is 1.10 bits per heavy atom. The van der Waals surface area contributed by atoms with E-state index in [0.717, 1.165) is 29.7 Å². The van der Waals surface area contributed by atoms with Crippen molar-refractivity contribution in [2.24, 2.45) is 5.73 Å². The topological polar surface area (TPSA) is 35.2 Å². The van der Waals surface area contributed by atoms with Gasteiger partial charge >= 0.3 is 0 Å². The SMILES string of the molecule is CCC(N)Cc1cccc(Cl)c1OC(C)c1ccccc1. The van der Waals surface area contributed by atoms with E-state index < -0.39 is 0 Å². The van der Waals surface area contributed by atoms with Gasteiger partial charge in [-0.1, -0.05) is 61.0 Å². The number of hydrogen-bond donors (Lipinski definition) is 1. The molecule has 0 fully saturated rings. The number of ether oxygens (including phenoxy) is 1. The van der Waals surface area contributed by atoms with Gasteiger partial charge in [-0.25, -0.2) is 0 Å². The molecule has 2 atom stereocenters. The average Bonchev–Trinajstić information content (AvgIpc) is 2.51. The van der Waals surface area contributed by atoms with Crippen LogP contribution in [0.2, 0.25) is 5.02 Å². The summed E-state index contributed by atoms with van der Waals surface area (Å²) in [5.74, 6) is 0.749. The summed E-state index contributed by atoms with van der Waals surface area (Å²) in [6.07, 6.45) is 1.65. The van der Waals surface area contributed by atoms with E-state index in [4.69, 9.17) is 22.1 Å². The van der Waals surface area contributed by atoms with E-state index in [9.17, 15) is 0 Å². The molecular formula is C18H22ClNO. The van der Waals surface area contributed by atoms with E-state index in [1.54, 1.807) is 0 Å². The number of nitrogens with two attached hydrogens (primary N) is 1. The fourth-order valence-electron chi connectivity index (χ4n) is 2.24. The first-order valence-corrected chi connectivity index (χ1v) is 7.74. The van der Waals surface area contributed by atoms with Crippen molar-refractivity contribution in [3.05, 3.63) is 64.7 Å². The van der Waals surface area contributed by atoms with Gasteiger partial charge in [0.25, 0.3) is 0 Å². The monoisotopic (exact) mass is 303 g/mol. The lowest BCUT2D eigenvalue weighted by molar-refractivity contribution is 0.224. The van der Waals surface area contributed by atoms with Crippen molar-refractivity contribution in [1.29, 1.82) is 0 Å². The van der Waals surface area contributed by atoms with Crippen molar-refractivity contribution < 1.29 is 4.74 Å². The van der Waals surface area contributed by atoms with E-state index in [-0.39, 0.29) is 12.1 Å². The quantitative estimate of drug-likeness (QED) is 0.835. The molecule has 3 heteroatoms. The van der Waals surface area contributed by atoms with Crippen LogP contribution in [0.5, 0.6) is 5.75 Å². The molecule has 2 nitrogen and oxygen atoms in total. The third kappa shape index (κ3) is 4.23. The number of hydrogen-bond acceptors (Lipinski definition) is 2. The first-order valence-electron chi connectivity index (χ1n) is 7.36. The normalized spacial score (nSPS) is 13.7. The van der Waals surface area contributed by atoms with Crippen LogP contribution in [0.15, 0.2) is 48.5 Å². The van der Waals surface area contributed by atoms with E-state index in [0.29, 0.717) is 5.02 Å². The molecule has 0 radical (unpaired) electrons. The summed E-state index contributed by atoms with van der Waals surface area (Å²) in [7, 11) is 0. The van der Waals surface area contributed by atoms with Crippen molar-refractivity contribution >= 4 is 11.6 Å². The van der Waals surface area contributed by atoms with Gasteiger partial charge < -0.3 is 10.5 Å². The van der Waals surface area contributed by atoms with Gasteiger partial charge in [0.1, 0.15) is 11.9 Å². The van der Waals surface area contributed by atoms with Crippen LogP contribution in [0.1, 0.15) is 37.5 Å². The second-order valence-corrected chi connectivity index (χ2v) is 5.68. The van der Waals surface area contributed by atoms with E-state index in [1.165, 1.54) is 0 Å². The van der Waals surface area contributed by atoms with Crippen molar-refractivity contribution in [2.45, 2.75) is 38.8 Å². The van der Waals surface area contributed by atoms with Crippen LogP contribution in [-0.2, 0) is 6.42 Å². The molecule has 2 aromatic rings. The van der Waals surface area contributed by atoms with E-state index in [1.807, 2.05) is 43.3 Å². The minimum absolute atomic E-state index is 0.0531. The molecule has 0 saturated carbocycles. The standard InChI is InChI=1S/C18H22ClNO/c1-3-16(20)12-15-10-7-11-17(19)18(15)21-13(2)14-8-5-4-6-9-14/h4-11,13,16H,3,12,20H2,1-2H3. The van der Waals surface area contributed by atoms with E-state index in [2.05, 4.69) is 19.1 Å². The van der Waals surface area contributed by atoms with E-state index >= 15 is 0 Å². The summed E-state index contributed by atoms with van der Waals surface area (Å²) in [5, 5.41) is 0.638. The molecule has 0 aliphatic carbocycles. The minimum atomic E-state index is -0.0531. The van der Waals surface area contributed by atoms with Crippen LogP contribution in [0.25, 0.3) is 0 Å². The summed E-state index contributed by atoms with van der Waals surface area (Å²) >= 11 is 6.32. The highest BCUT2D eigenvalue weighted by Crippen LogP contribution is 2.33. The van der Waals surface area contributed by atoms with Gasteiger partial charge in [0.15, 0.2) is 0 Å². The molecule has 21 heavy (non-hydrogen) atoms. The van der Waals surface area contributed by atoms with Gasteiger partial charge in [0.05, 0.1) is 5.02 Å². The molecule has 0 bridgehead atoms. The molecule has 2 N–H and O–H groups in total. The molecule has 112 valence electrons. The van der Waals surface area contributed by atoms with Crippen molar-refractivity contribution in [3.8, 4) is 5.75 Å². The predicted octanol–water partition coefficient (Wildman–Crippen LogP) is 4.76. The zero-order valence-corrected chi connectivity index (χ0v) is 13.3. The van der Waals surface area contributed by atoms with Crippen LogP contribution in [0.4, 0.5) is 0 Å². The summed E-state index contributed by atoms with van der Waals surface area (Å²) in [6.45, 7) is 4.12. The van der Waals surface area contributed by atoms with Crippen LogP contribution < -0.4 is 10.5 Å². The molecule has 0 aromatic heterocycles. The molecule has 0 aliphatic rings. The van der Waals surface area contributed by atoms with Crippen LogP contribution in [0, 0.1) is 0 Å². The largest absolute Gasteiger partial charge is 0.484 e. The Morgan fingerprint density at radius 2 is 1.81 bits per heavy atom. The van der Waals surface area contributed by atoms with Crippen molar-refractivity contribution in [1.82, 2.24) is 0 Å². The van der Waals surface area contributed by atoms with Gasteiger partial charge in [-0.15, -0.1) is 0 Å². The maximum absolute atomic E-state index is 6.32. The number of halogens is 1. The third-order valence-electron chi connectivity index (χ3n) is 3.62. The molecule has 2 aromatic carbocycles. The fourth-order valence-corrected chi connectivity index (χ4v) is 2.48. The molecule has 0 saturated heterocycles. The first-order chi connectivity index (χ1) is 10.1. The summed E-state index contributed by atoms with van der Waals surface area (Å²) < 4.78 is 6.12. The third-order valence-corrected chi connectivity index (χ3v) is 3.92. The minimum Gasteiger partial charge on any atom is -0.484 e. The Bertz CT molecular complexity index is 571. The molecule has 0 heterocycles. The fraction of sp³-hybridized carbons (Fsp3) is 0.333. The summed E-state index contributed by atoms with van der Waals surface area (Å²) in [5.41, 5.74) is 8.26. The number of rotatable bonds is 6. The van der Waals surface area contributed by atoms with Crippen molar-refractivity contribution in [2.75, 3.05) is 0 Å². The zero-order chi connectivity index (χ0) is 15.2. The first kappa shape index (κ1) is 15.9. The molecule has 0 spiro atoms. The van der Waals surface area contributed by atoms with Gasteiger partial charge in [0.2, 0.25) is 0 Å². The number of benzene rings is 2. The molecule has 0 amide bonds. The lowest BCUT2D eigenvalue weighted by Crippen LogP contribution is -2.22. The van der Waals surface area contributed by atoms with Gasteiger partial charge in [-0.05, 0) is 37.0 Å². The lowest BCUT2D eigenvalue weighted by atomic mass is 10.0. The zero-order valence-electron chi connectivity index (χ0n) is 12.6. The highest BCUT2D eigenvalue weighted by Gasteiger charge is 2.15. The Morgan fingerprint density at radius 3 is 2.48 bits per heavy atom. The average molecular weight is 304 g/mol. The smallest absolute Gasteiger partial charge is 0.142 e. The molecule has 0 aliphatic heterocycles. The lowest BCUT2D eigenvalue weighted by Gasteiger charge is -2.20. The predicted molar refractivity (Wildman–Crippen MR) is 88.9 cm³/mol. The Labute approximate surface area is 131 Å². The van der Waals surface area contributed by atoms with Gasteiger partial charge in [0, 0.05) is 6.04 Å². The Balaban J connectivity index is 2.22. The summed E-state index contributed by atoms with van der Waals surface area (Å²) in [4.78, 5) is 0. The Kier molecular flexibility index (Phi) is 5.66. The molecular weight excluding hydrogens is 282 g/mol. The van der Waals surface area contributed by atoms with Crippen molar-refractivity contribution in [3.63, 3.8) is 0 Å². The summed E-state index contributed by atoms with van der Waals surface area (Å²) in [6, 6.07) is 16.1. The van der Waals surface area contributed by atoms with Crippen LogP contribution in [-0.4, -0.2) is 6.04 Å². The highest BCUT2D eigenvalue weighted by molar-refractivity contribution is 6.32. The second-order valence-electron chi connectivity index (χ2n) is 5.27. The van der Waals surface area contributed by atoms with Crippen LogP contribution >= 0.6 is 11.6 Å². The van der Waals surface area contributed by atoms with Gasteiger partial charge in [-0.2, -0.15) is 0 Å². The number of para-hydroxylation sites is 1. The van der Waals surface area contributed by atoms with Crippen LogP contribution in [0.3, 0.4) is 0 Å². The second kappa shape index (κ2) is 7.48.